The van der Waals surface area contributed by atoms with E-state index in [1.807, 2.05) is 0 Å². The number of hydrogen-bond donors (Lipinski definition) is 0. The van der Waals surface area contributed by atoms with Crippen LogP contribution in [0.1, 0.15) is 95.3 Å². The lowest BCUT2D eigenvalue weighted by atomic mass is 9.49. The van der Waals surface area contributed by atoms with Crippen molar-refractivity contribution in [3.8, 4) is 0 Å². The minimum atomic E-state index is 0.208. The van der Waals surface area contributed by atoms with E-state index in [1.165, 1.54) is 62.8 Å². The Bertz CT molecular complexity index is 701. The van der Waals surface area contributed by atoms with Gasteiger partial charge in [-0.15, -0.1) is 5.10 Å². The van der Waals surface area contributed by atoms with Gasteiger partial charge in [-0.05, 0) is 74.5 Å². The van der Waals surface area contributed by atoms with Crippen LogP contribution in [0.3, 0.4) is 0 Å². The van der Waals surface area contributed by atoms with Gasteiger partial charge in [-0.3, -0.25) is 0 Å². The van der Waals surface area contributed by atoms with Gasteiger partial charge in [0.05, 0.1) is 11.4 Å². The Labute approximate surface area is 145 Å². The highest BCUT2D eigenvalue weighted by Gasteiger charge is 2.62. The van der Waals surface area contributed by atoms with Crippen molar-refractivity contribution >= 4 is 0 Å². The number of rotatable bonds is 1. The predicted molar refractivity (Wildman–Crippen MR) is 92.8 cm³/mol. The Balaban J connectivity index is 1.48. The van der Waals surface area contributed by atoms with Crippen LogP contribution in [0.4, 0.5) is 0 Å². The molecule has 6 aliphatic carbocycles. The number of hydrogen-bond acceptors (Lipinski definition) is 3. The predicted octanol–water partition coefficient (Wildman–Crippen LogP) is 4.51. The maximum absolute atomic E-state index is 5.32. The average Bonchev–Trinajstić information content (AvgIpc) is 2.85. The topological polar surface area (TPSA) is 38.7 Å². The van der Waals surface area contributed by atoms with Gasteiger partial charge in [-0.1, -0.05) is 20.8 Å². The summed E-state index contributed by atoms with van der Waals surface area (Å²) in [5, 5.41) is 9.62. The zero-order valence-electron chi connectivity index (χ0n) is 15.3. The van der Waals surface area contributed by atoms with E-state index in [0.717, 1.165) is 23.6 Å². The normalized spacial score (nSPS) is 49.6. The molecular weight excluding hydrogens is 294 g/mol. The molecule has 0 N–H and O–H groups in total. The van der Waals surface area contributed by atoms with E-state index < -0.39 is 0 Å². The van der Waals surface area contributed by atoms with Gasteiger partial charge in [-0.2, -0.15) is 5.10 Å². The summed E-state index contributed by atoms with van der Waals surface area (Å²) in [5.74, 6) is 4.53. The van der Waals surface area contributed by atoms with E-state index in [1.54, 1.807) is 0 Å². The molecule has 0 saturated heterocycles. The molecule has 0 amide bonds. The monoisotopic (exact) mass is 323 g/mol. The largest absolute Gasteiger partial charge is 0.233 e. The van der Waals surface area contributed by atoms with E-state index >= 15 is 0 Å². The van der Waals surface area contributed by atoms with Gasteiger partial charge in [0.1, 0.15) is 0 Å². The molecule has 5 saturated carbocycles. The Morgan fingerprint density at radius 2 is 1.50 bits per heavy atom. The third kappa shape index (κ3) is 1.46. The van der Waals surface area contributed by atoms with E-state index in [2.05, 4.69) is 20.8 Å². The molecule has 7 rings (SSSR count). The number of aromatic nitrogens is 3. The van der Waals surface area contributed by atoms with E-state index in [0.29, 0.717) is 5.92 Å². The highest BCUT2D eigenvalue weighted by molar-refractivity contribution is 5.41. The van der Waals surface area contributed by atoms with Crippen LogP contribution in [0.15, 0.2) is 0 Å². The molecular formula is C21H29N3. The maximum Gasteiger partial charge on any atom is 0.157 e. The van der Waals surface area contributed by atoms with Gasteiger partial charge in [0.15, 0.2) is 5.82 Å². The molecule has 0 spiro atoms. The van der Waals surface area contributed by atoms with Crippen molar-refractivity contribution in [1.82, 2.24) is 15.2 Å². The van der Waals surface area contributed by atoms with E-state index in [-0.39, 0.29) is 16.2 Å². The molecule has 6 bridgehead atoms. The molecule has 3 heteroatoms. The van der Waals surface area contributed by atoms with Crippen LogP contribution in [0, 0.1) is 23.2 Å². The number of nitrogens with zero attached hydrogens (tertiary/aromatic N) is 3. The molecule has 1 unspecified atom stereocenters. The van der Waals surface area contributed by atoms with Crippen LogP contribution in [0.25, 0.3) is 0 Å². The van der Waals surface area contributed by atoms with Crippen molar-refractivity contribution in [3.63, 3.8) is 0 Å². The first-order valence-electron chi connectivity index (χ1n) is 10.2. The molecule has 1 aromatic rings. The summed E-state index contributed by atoms with van der Waals surface area (Å²) in [4.78, 5) is 5.32. The molecule has 6 aliphatic rings. The zero-order valence-corrected chi connectivity index (χ0v) is 15.3. The minimum absolute atomic E-state index is 0.208. The molecule has 0 aliphatic heterocycles. The van der Waals surface area contributed by atoms with Crippen molar-refractivity contribution in [2.45, 2.75) is 88.9 Å². The van der Waals surface area contributed by atoms with Crippen LogP contribution in [0.2, 0.25) is 0 Å². The highest BCUT2D eigenvalue weighted by Crippen LogP contribution is 2.67. The van der Waals surface area contributed by atoms with E-state index in [9.17, 15) is 0 Å². The smallest absolute Gasteiger partial charge is 0.157 e. The van der Waals surface area contributed by atoms with Gasteiger partial charge < -0.3 is 0 Å². The van der Waals surface area contributed by atoms with Crippen molar-refractivity contribution < 1.29 is 0 Å². The summed E-state index contributed by atoms with van der Waals surface area (Å²) in [6.07, 6.45) is 11.0. The van der Waals surface area contributed by atoms with E-state index in [4.69, 9.17) is 15.2 Å². The first-order chi connectivity index (χ1) is 11.4. The standard InChI is InChI=1S/C21H29N3/c1-19(2)15-4-5-20(19,3)17-16(15)23-24-18(22-17)21-9-12-6-13(10-21)8-14(7-12)11-21/h12-15H,4-11H2,1-3H3/t12?,13?,14?,15?,20-,21?/m1/s1. The summed E-state index contributed by atoms with van der Waals surface area (Å²) in [6, 6.07) is 0. The van der Waals surface area contributed by atoms with Gasteiger partial charge >= 0.3 is 0 Å². The van der Waals surface area contributed by atoms with Crippen molar-refractivity contribution in [2.24, 2.45) is 23.2 Å². The third-order valence-electron chi connectivity index (χ3n) is 9.30. The quantitative estimate of drug-likeness (QED) is 0.763. The van der Waals surface area contributed by atoms with Gasteiger partial charge in [0, 0.05) is 16.7 Å². The molecule has 5 fully saturated rings. The highest BCUT2D eigenvalue weighted by atomic mass is 15.2. The molecule has 0 aromatic carbocycles. The van der Waals surface area contributed by atoms with Gasteiger partial charge in [0.25, 0.3) is 0 Å². The van der Waals surface area contributed by atoms with Crippen molar-refractivity contribution in [1.29, 1.82) is 0 Å². The van der Waals surface area contributed by atoms with Gasteiger partial charge in [0.2, 0.25) is 0 Å². The fraction of sp³-hybridized carbons (Fsp3) is 0.857. The first kappa shape index (κ1) is 14.2. The lowest BCUT2D eigenvalue weighted by molar-refractivity contribution is -0.0101. The second-order valence-electron chi connectivity index (χ2n) is 10.7. The lowest BCUT2D eigenvalue weighted by Crippen LogP contribution is -2.49. The molecule has 24 heavy (non-hydrogen) atoms. The Kier molecular flexibility index (Phi) is 2.39. The lowest BCUT2D eigenvalue weighted by Gasteiger charge is -2.55. The molecule has 0 radical (unpaired) electrons. The molecule has 1 aromatic heterocycles. The summed E-state index contributed by atoms with van der Waals surface area (Å²) in [7, 11) is 0. The number of fused-ring (bicyclic) bond motifs is 5. The minimum Gasteiger partial charge on any atom is -0.233 e. The second kappa shape index (κ2) is 4.04. The van der Waals surface area contributed by atoms with Crippen LogP contribution in [-0.4, -0.2) is 15.2 Å². The Morgan fingerprint density at radius 1 is 0.875 bits per heavy atom. The fourth-order valence-electron chi connectivity index (χ4n) is 7.99. The molecule has 1 heterocycles. The molecule has 2 atom stereocenters. The molecule has 128 valence electrons. The maximum atomic E-state index is 5.32. The van der Waals surface area contributed by atoms with Crippen LogP contribution >= 0.6 is 0 Å². The van der Waals surface area contributed by atoms with Crippen molar-refractivity contribution in [3.05, 3.63) is 17.2 Å². The summed E-state index contributed by atoms with van der Waals surface area (Å²) in [5.41, 5.74) is 3.34. The van der Waals surface area contributed by atoms with Gasteiger partial charge in [-0.25, -0.2) is 4.98 Å². The fourth-order valence-corrected chi connectivity index (χ4v) is 7.99. The molecule has 3 nitrogen and oxygen atoms in total. The zero-order chi connectivity index (χ0) is 16.3. The van der Waals surface area contributed by atoms with Crippen LogP contribution < -0.4 is 0 Å². The Hall–Kier alpha value is -0.990. The summed E-state index contributed by atoms with van der Waals surface area (Å²) >= 11 is 0. The third-order valence-corrected chi connectivity index (χ3v) is 9.30. The van der Waals surface area contributed by atoms with Crippen LogP contribution in [-0.2, 0) is 10.8 Å². The SMILES string of the molecule is CC1(C)C2CC[C@]1(C)c1nc(C34CC5CC(CC(C5)C3)C4)nnc12. The Morgan fingerprint density at radius 3 is 2.12 bits per heavy atom. The summed E-state index contributed by atoms with van der Waals surface area (Å²) in [6.45, 7) is 7.30. The average molecular weight is 323 g/mol. The van der Waals surface area contributed by atoms with Crippen LogP contribution in [0.5, 0.6) is 0 Å². The second-order valence-corrected chi connectivity index (χ2v) is 10.7. The van der Waals surface area contributed by atoms with Crippen molar-refractivity contribution in [2.75, 3.05) is 0 Å². The first-order valence-corrected chi connectivity index (χ1v) is 10.2. The summed E-state index contributed by atoms with van der Waals surface area (Å²) < 4.78 is 0.